The Kier molecular flexibility index (Phi) is 5.46. The third kappa shape index (κ3) is 3.82. The zero-order valence-corrected chi connectivity index (χ0v) is 14.2. The lowest BCUT2D eigenvalue weighted by Crippen LogP contribution is -2.23. The molecule has 19 heavy (non-hydrogen) atoms. The van der Waals surface area contributed by atoms with Crippen LogP contribution in [0.2, 0.25) is 5.02 Å². The van der Waals surface area contributed by atoms with Gasteiger partial charge in [-0.05, 0) is 54.6 Å². The lowest BCUT2D eigenvalue weighted by molar-refractivity contribution is 0.598. The maximum atomic E-state index is 6.03. The van der Waals surface area contributed by atoms with E-state index in [9.17, 15) is 0 Å². The van der Waals surface area contributed by atoms with E-state index < -0.39 is 0 Å². The fourth-order valence-corrected chi connectivity index (χ4v) is 3.69. The molecule has 2 rings (SSSR count). The number of hydrogen-bond acceptors (Lipinski definition) is 2. The maximum absolute atomic E-state index is 6.03. The molecular formula is C15H17BrClNS. The topological polar surface area (TPSA) is 12.0 Å². The largest absolute Gasteiger partial charge is 0.306 e. The van der Waals surface area contributed by atoms with Crippen LogP contribution in [-0.2, 0) is 0 Å². The van der Waals surface area contributed by atoms with E-state index in [-0.39, 0.29) is 6.04 Å². The Bertz CT molecular complexity index is 553. The van der Waals surface area contributed by atoms with Crippen LogP contribution in [0.5, 0.6) is 0 Å². The quantitative estimate of drug-likeness (QED) is 0.737. The number of aryl methyl sites for hydroxylation is 1. The van der Waals surface area contributed by atoms with Crippen molar-refractivity contribution in [1.29, 1.82) is 0 Å². The fourth-order valence-electron chi connectivity index (χ4n) is 2.05. The van der Waals surface area contributed by atoms with E-state index in [0.717, 1.165) is 22.5 Å². The average molecular weight is 359 g/mol. The maximum Gasteiger partial charge on any atom is 0.0596 e. The number of nitrogens with one attached hydrogen (secondary N) is 1. The van der Waals surface area contributed by atoms with Crippen molar-refractivity contribution in [2.24, 2.45) is 0 Å². The van der Waals surface area contributed by atoms with Gasteiger partial charge in [0.25, 0.3) is 0 Å². The highest BCUT2D eigenvalue weighted by molar-refractivity contribution is 9.10. The van der Waals surface area contributed by atoms with E-state index in [0.29, 0.717) is 0 Å². The predicted octanol–water partition coefficient (Wildman–Crippen LogP) is 5.56. The summed E-state index contributed by atoms with van der Waals surface area (Å²) in [5.41, 5.74) is 2.55. The van der Waals surface area contributed by atoms with E-state index in [1.54, 1.807) is 11.3 Å². The zero-order valence-electron chi connectivity index (χ0n) is 11.0. The van der Waals surface area contributed by atoms with Gasteiger partial charge >= 0.3 is 0 Å². The average Bonchev–Trinajstić information content (AvgIpc) is 2.78. The van der Waals surface area contributed by atoms with Crippen molar-refractivity contribution in [1.82, 2.24) is 5.32 Å². The summed E-state index contributed by atoms with van der Waals surface area (Å²) in [6.45, 7) is 5.32. The molecule has 0 spiro atoms. The molecule has 1 nitrogen and oxygen atoms in total. The highest BCUT2D eigenvalue weighted by Crippen LogP contribution is 2.32. The number of halogens is 2. The molecule has 1 atom stereocenters. The van der Waals surface area contributed by atoms with E-state index in [2.05, 4.69) is 52.6 Å². The second-order valence-corrected chi connectivity index (χ2v) is 6.95. The van der Waals surface area contributed by atoms with Crippen LogP contribution in [0.3, 0.4) is 0 Å². The first-order valence-corrected chi connectivity index (χ1v) is 8.40. The minimum atomic E-state index is 0.219. The van der Waals surface area contributed by atoms with E-state index in [1.165, 1.54) is 16.0 Å². The number of hydrogen-bond donors (Lipinski definition) is 1. The number of benzene rings is 1. The Hall–Kier alpha value is -0.350. The molecule has 1 N–H and O–H groups in total. The molecule has 1 heterocycles. The molecule has 1 unspecified atom stereocenters. The summed E-state index contributed by atoms with van der Waals surface area (Å²) in [6.07, 6.45) is 1.12. The Morgan fingerprint density at radius 2 is 2.16 bits per heavy atom. The second kappa shape index (κ2) is 6.89. The minimum absolute atomic E-state index is 0.219. The second-order valence-electron chi connectivity index (χ2n) is 4.54. The van der Waals surface area contributed by atoms with Crippen LogP contribution in [-0.4, -0.2) is 6.54 Å². The molecule has 0 radical (unpaired) electrons. The Morgan fingerprint density at radius 3 is 2.74 bits per heavy atom. The van der Waals surface area contributed by atoms with Crippen molar-refractivity contribution in [3.8, 4) is 0 Å². The molecule has 0 aliphatic heterocycles. The molecule has 0 amide bonds. The highest BCUT2D eigenvalue weighted by Gasteiger charge is 2.17. The van der Waals surface area contributed by atoms with Gasteiger partial charge in [0.1, 0.15) is 0 Å². The third-order valence-electron chi connectivity index (χ3n) is 2.96. The minimum Gasteiger partial charge on any atom is -0.306 e. The van der Waals surface area contributed by atoms with Gasteiger partial charge in [0.05, 0.1) is 6.04 Å². The van der Waals surface area contributed by atoms with Crippen LogP contribution in [0.4, 0.5) is 0 Å². The van der Waals surface area contributed by atoms with Crippen LogP contribution >= 0.6 is 38.9 Å². The molecular weight excluding hydrogens is 342 g/mol. The number of rotatable bonds is 5. The van der Waals surface area contributed by atoms with Crippen molar-refractivity contribution in [3.63, 3.8) is 0 Å². The van der Waals surface area contributed by atoms with Gasteiger partial charge in [0, 0.05) is 14.4 Å². The molecule has 0 saturated heterocycles. The van der Waals surface area contributed by atoms with Crippen LogP contribution in [0, 0.1) is 6.92 Å². The smallest absolute Gasteiger partial charge is 0.0596 e. The fraction of sp³-hybridized carbons (Fsp3) is 0.333. The zero-order chi connectivity index (χ0) is 13.8. The normalized spacial score (nSPS) is 12.6. The van der Waals surface area contributed by atoms with Crippen LogP contribution in [0.15, 0.2) is 34.1 Å². The van der Waals surface area contributed by atoms with Crippen molar-refractivity contribution in [2.75, 3.05) is 6.54 Å². The summed E-state index contributed by atoms with van der Waals surface area (Å²) < 4.78 is 1.05. The van der Waals surface area contributed by atoms with Gasteiger partial charge in [0.2, 0.25) is 0 Å². The molecule has 102 valence electrons. The highest BCUT2D eigenvalue weighted by atomic mass is 79.9. The molecule has 1 aromatic carbocycles. The Labute approximate surface area is 132 Å². The van der Waals surface area contributed by atoms with Crippen molar-refractivity contribution >= 4 is 38.9 Å². The standard InChI is InChI=1S/C15H17BrClNS/c1-3-6-18-15(11-7-10(2)19-9-11)13-5-4-12(17)8-14(13)16/h4-5,7-9,15,18H,3,6H2,1-2H3. The summed E-state index contributed by atoms with van der Waals surface area (Å²) in [5.74, 6) is 0. The van der Waals surface area contributed by atoms with Gasteiger partial charge in [-0.25, -0.2) is 0 Å². The first-order chi connectivity index (χ1) is 9.11. The van der Waals surface area contributed by atoms with Gasteiger partial charge in [-0.15, -0.1) is 11.3 Å². The van der Waals surface area contributed by atoms with Gasteiger partial charge in [-0.1, -0.05) is 40.5 Å². The summed E-state index contributed by atoms with van der Waals surface area (Å²) in [6, 6.07) is 8.46. The van der Waals surface area contributed by atoms with Crippen molar-refractivity contribution in [2.45, 2.75) is 26.3 Å². The van der Waals surface area contributed by atoms with Crippen molar-refractivity contribution in [3.05, 3.63) is 55.1 Å². The molecule has 0 aliphatic rings. The third-order valence-corrected chi connectivity index (χ3v) is 4.76. The molecule has 1 aromatic heterocycles. The number of thiophene rings is 1. The summed E-state index contributed by atoms with van der Waals surface area (Å²) in [5, 5.41) is 6.59. The van der Waals surface area contributed by atoms with E-state index in [4.69, 9.17) is 11.6 Å². The monoisotopic (exact) mass is 357 g/mol. The van der Waals surface area contributed by atoms with Crippen molar-refractivity contribution < 1.29 is 0 Å². The predicted molar refractivity (Wildman–Crippen MR) is 88.3 cm³/mol. The van der Waals surface area contributed by atoms with E-state index in [1.807, 2.05) is 12.1 Å². The first kappa shape index (κ1) is 15.0. The lowest BCUT2D eigenvalue weighted by atomic mass is 10.0. The summed E-state index contributed by atoms with van der Waals surface area (Å²) in [4.78, 5) is 1.34. The molecule has 0 aliphatic carbocycles. The molecule has 2 aromatic rings. The molecule has 0 fully saturated rings. The van der Waals surface area contributed by atoms with Gasteiger partial charge in [-0.3, -0.25) is 0 Å². The molecule has 4 heteroatoms. The van der Waals surface area contributed by atoms with E-state index >= 15 is 0 Å². The first-order valence-electron chi connectivity index (χ1n) is 6.35. The summed E-state index contributed by atoms with van der Waals surface area (Å²) >= 11 is 11.4. The SMILES string of the molecule is CCCNC(c1csc(C)c1)c1ccc(Cl)cc1Br. The molecule has 0 saturated carbocycles. The van der Waals surface area contributed by atoms with Gasteiger partial charge < -0.3 is 5.32 Å². The summed E-state index contributed by atoms with van der Waals surface area (Å²) in [7, 11) is 0. The van der Waals surface area contributed by atoms with Crippen LogP contribution < -0.4 is 5.32 Å². The Morgan fingerprint density at radius 1 is 1.37 bits per heavy atom. The lowest BCUT2D eigenvalue weighted by Gasteiger charge is -2.19. The van der Waals surface area contributed by atoms with Crippen LogP contribution in [0.1, 0.15) is 35.4 Å². The van der Waals surface area contributed by atoms with Gasteiger partial charge in [-0.2, -0.15) is 0 Å². The Balaban J connectivity index is 2.36. The van der Waals surface area contributed by atoms with Crippen LogP contribution in [0.25, 0.3) is 0 Å². The van der Waals surface area contributed by atoms with Gasteiger partial charge in [0.15, 0.2) is 0 Å². The molecule has 0 bridgehead atoms.